The van der Waals surface area contributed by atoms with E-state index in [1.165, 1.54) is 6.42 Å². The first-order chi connectivity index (χ1) is 8.66. The smallest absolute Gasteiger partial charge is 0.222 e. The fraction of sp³-hybridized carbons (Fsp3) is 0.533. The summed E-state index contributed by atoms with van der Waals surface area (Å²) in [7, 11) is 0. The topological polar surface area (TPSA) is 38.3 Å². The average molecular weight is 247 g/mol. The molecule has 1 aliphatic rings. The molecule has 0 unspecified atom stereocenters. The fourth-order valence-electron chi connectivity index (χ4n) is 1.82. The van der Waals surface area contributed by atoms with Gasteiger partial charge in [0.05, 0.1) is 6.10 Å². The van der Waals surface area contributed by atoms with Gasteiger partial charge < -0.3 is 10.1 Å². The van der Waals surface area contributed by atoms with Crippen molar-refractivity contribution in [2.75, 3.05) is 0 Å². The standard InChI is InChI=1S/C15H21NO2/c1-11(2)15(17)16-10-12-6-3-4-9-14(12)18-13-7-5-8-13/h3-4,6,9,11,13H,5,7-8,10H2,1-2H3,(H,16,17). The molecule has 0 saturated heterocycles. The van der Waals surface area contributed by atoms with Crippen LogP contribution in [0.5, 0.6) is 5.75 Å². The maximum atomic E-state index is 11.6. The number of benzene rings is 1. The number of carbonyl (C=O) groups excluding carboxylic acids is 1. The molecule has 3 nitrogen and oxygen atoms in total. The monoisotopic (exact) mass is 247 g/mol. The van der Waals surface area contributed by atoms with Gasteiger partial charge in [0.25, 0.3) is 0 Å². The van der Waals surface area contributed by atoms with Crippen LogP contribution in [0.3, 0.4) is 0 Å². The van der Waals surface area contributed by atoms with Gasteiger partial charge in [-0.05, 0) is 25.3 Å². The van der Waals surface area contributed by atoms with Crippen molar-refractivity contribution in [2.45, 2.75) is 45.8 Å². The molecule has 0 aliphatic heterocycles. The molecule has 0 bridgehead atoms. The average Bonchev–Trinajstić information content (AvgIpc) is 2.31. The first-order valence-corrected chi connectivity index (χ1v) is 6.69. The van der Waals surface area contributed by atoms with Crippen LogP contribution in [0, 0.1) is 5.92 Å². The minimum absolute atomic E-state index is 0.0183. The molecular formula is C15H21NO2. The van der Waals surface area contributed by atoms with E-state index in [-0.39, 0.29) is 11.8 Å². The van der Waals surface area contributed by atoms with Crippen LogP contribution in [0.2, 0.25) is 0 Å². The lowest BCUT2D eigenvalue weighted by atomic mass is 9.96. The van der Waals surface area contributed by atoms with Gasteiger partial charge in [0.15, 0.2) is 0 Å². The number of para-hydroxylation sites is 1. The highest BCUT2D eigenvalue weighted by Gasteiger charge is 2.20. The molecule has 1 amide bonds. The van der Waals surface area contributed by atoms with E-state index in [2.05, 4.69) is 5.32 Å². The highest BCUT2D eigenvalue weighted by atomic mass is 16.5. The van der Waals surface area contributed by atoms with E-state index in [1.807, 2.05) is 38.1 Å². The van der Waals surface area contributed by atoms with Crippen molar-refractivity contribution >= 4 is 5.91 Å². The summed E-state index contributed by atoms with van der Waals surface area (Å²) in [5.74, 6) is 1.00. The van der Waals surface area contributed by atoms with E-state index in [4.69, 9.17) is 4.74 Å². The van der Waals surface area contributed by atoms with Crippen LogP contribution in [0.1, 0.15) is 38.7 Å². The number of carbonyl (C=O) groups is 1. The van der Waals surface area contributed by atoms with Gasteiger partial charge in [0.2, 0.25) is 5.91 Å². The summed E-state index contributed by atoms with van der Waals surface area (Å²) in [4.78, 5) is 11.6. The predicted molar refractivity (Wildman–Crippen MR) is 71.4 cm³/mol. The first kappa shape index (κ1) is 12.9. The maximum Gasteiger partial charge on any atom is 0.222 e. The van der Waals surface area contributed by atoms with E-state index >= 15 is 0 Å². The number of hydrogen-bond acceptors (Lipinski definition) is 2. The Bertz CT molecular complexity index is 411. The molecule has 1 N–H and O–H groups in total. The second-order valence-corrected chi connectivity index (χ2v) is 5.15. The van der Waals surface area contributed by atoms with Crippen LogP contribution in [0.15, 0.2) is 24.3 Å². The van der Waals surface area contributed by atoms with Gasteiger partial charge in [0.1, 0.15) is 5.75 Å². The van der Waals surface area contributed by atoms with Gasteiger partial charge in [-0.1, -0.05) is 32.0 Å². The van der Waals surface area contributed by atoms with Crippen LogP contribution < -0.4 is 10.1 Å². The minimum Gasteiger partial charge on any atom is -0.490 e. The summed E-state index contributed by atoms with van der Waals surface area (Å²) >= 11 is 0. The zero-order valence-corrected chi connectivity index (χ0v) is 11.1. The van der Waals surface area contributed by atoms with Gasteiger partial charge in [-0.25, -0.2) is 0 Å². The summed E-state index contributed by atoms with van der Waals surface area (Å²) in [6.45, 7) is 4.33. The first-order valence-electron chi connectivity index (χ1n) is 6.69. The number of ether oxygens (including phenoxy) is 1. The Morgan fingerprint density at radius 3 is 2.72 bits per heavy atom. The van der Waals surface area contributed by atoms with Crippen molar-refractivity contribution in [3.05, 3.63) is 29.8 Å². The SMILES string of the molecule is CC(C)C(=O)NCc1ccccc1OC1CCC1. The zero-order chi connectivity index (χ0) is 13.0. The highest BCUT2D eigenvalue weighted by Crippen LogP contribution is 2.27. The second-order valence-electron chi connectivity index (χ2n) is 5.15. The number of rotatable bonds is 5. The molecule has 0 heterocycles. The molecule has 1 aliphatic carbocycles. The van der Waals surface area contributed by atoms with Crippen LogP contribution in [0.25, 0.3) is 0 Å². The van der Waals surface area contributed by atoms with Crippen molar-refractivity contribution in [3.63, 3.8) is 0 Å². The highest BCUT2D eigenvalue weighted by molar-refractivity contribution is 5.77. The Kier molecular flexibility index (Phi) is 4.24. The van der Waals surface area contributed by atoms with E-state index in [1.54, 1.807) is 0 Å². The third-order valence-corrected chi connectivity index (χ3v) is 3.30. The normalized spacial score (nSPS) is 15.3. The Hall–Kier alpha value is -1.51. The van der Waals surface area contributed by atoms with Gasteiger partial charge >= 0.3 is 0 Å². The summed E-state index contributed by atoms with van der Waals surface area (Å²) in [5.41, 5.74) is 1.05. The molecule has 1 aromatic carbocycles. The molecule has 2 rings (SSSR count). The largest absolute Gasteiger partial charge is 0.490 e. The maximum absolute atomic E-state index is 11.6. The van der Waals surface area contributed by atoms with Crippen molar-refractivity contribution < 1.29 is 9.53 Å². The molecule has 3 heteroatoms. The molecule has 1 saturated carbocycles. The Labute approximate surface area is 109 Å². The molecular weight excluding hydrogens is 226 g/mol. The number of hydrogen-bond donors (Lipinski definition) is 1. The molecule has 1 fully saturated rings. The van der Waals surface area contributed by atoms with E-state index < -0.39 is 0 Å². The van der Waals surface area contributed by atoms with Gasteiger partial charge in [-0.15, -0.1) is 0 Å². The molecule has 0 radical (unpaired) electrons. The second kappa shape index (κ2) is 5.89. The molecule has 98 valence electrons. The lowest BCUT2D eigenvalue weighted by molar-refractivity contribution is -0.124. The summed E-state index contributed by atoms with van der Waals surface area (Å²) in [6, 6.07) is 7.94. The lowest BCUT2D eigenvalue weighted by Gasteiger charge is -2.27. The summed E-state index contributed by atoms with van der Waals surface area (Å²) in [6.07, 6.45) is 3.92. The Balaban J connectivity index is 1.95. The van der Waals surface area contributed by atoms with Crippen LogP contribution in [0.4, 0.5) is 0 Å². The molecule has 1 aromatic rings. The molecule has 0 spiro atoms. The summed E-state index contributed by atoms with van der Waals surface area (Å²) < 4.78 is 5.92. The number of amides is 1. The minimum atomic E-state index is 0.0183. The van der Waals surface area contributed by atoms with Gasteiger partial charge in [0, 0.05) is 18.0 Å². The van der Waals surface area contributed by atoms with Crippen molar-refractivity contribution in [1.82, 2.24) is 5.32 Å². The zero-order valence-electron chi connectivity index (χ0n) is 11.1. The molecule has 18 heavy (non-hydrogen) atoms. The Morgan fingerprint density at radius 2 is 2.11 bits per heavy atom. The molecule has 0 aromatic heterocycles. The van der Waals surface area contributed by atoms with E-state index in [0.717, 1.165) is 24.2 Å². The van der Waals surface area contributed by atoms with Gasteiger partial charge in [-0.3, -0.25) is 4.79 Å². The van der Waals surface area contributed by atoms with Crippen LogP contribution in [-0.4, -0.2) is 12.0 Å². The van der Waals surface area contributed by atoms with Crippen molar-refractivity contribution in [3.8, 4) is 5.75 Å². The summed E-state index contributed by atoms with van der Waals surface area (Å²) in [5, 5.41) is 2.93. The van der Waals surface area contributed by atoms with Gasteiger partial charge in [-0.2, -0.15) is 0 Å². The lowest BCUT2D eigenvalue weighted by Crippen LogP contribution is -2.28. The third kappa shape index (κ3) is 3.25. The van der Waals surface area contributed by atoms with Crippen molar-refractivity contribution in [1.29, 1.82) is 0 Å². The predicted octanol–water partition coefficient (Wildman–Crippen LogP) is 2.89. The van der Waals surface area contributed by atoms with Crippen LogP contribution in [-0.2, 0) is 11.3 Å². The van der Waals surface area contributed by atoms with E-state index in [0.29, 0.717) is 12.6 Å². The Morgan fingerprint density at radius 1 is 1.39 bits per heavy atom. The fourth-order valence-corrected chi connectivity index (χ4v) is 1.82. The number of nitrogens with one attached hydrogen (secondary N) is 1. The van der Waals surface area contributed by atoms with Crippen LogP contribution >= 0.6 is 0 Å². The quantitative estimate of drug-likeness (QED) is 0.868. The van der Waals surface area contributed by atoms with E-state index in [9.17, 15) is 4.79 Å². The molecule has 0 atom stereocenters. The van der Waals surface area contributed by atoms with Crippen molar-refractivity contribution in [2.24, 2.45) is 5.92 Å². The third-order valence-electron chi connectivity index (χ3n) is 3.30.